The van der Waals surface area contributed by atoms with Crippen LogP contribution in [-0.4, -0.2) is 31.2 Å². The highest BCUT2D eigenvalue weighted by atomic mass is 35.5. The number of methoxy groups -OCH3 is 1. The van der Waals surface area contributed by atoms with E-state index < -0.39 is 23.9 Å². The first-order chi connectivity index (χ1) is 11.7. The van der Waals surface area contributed by atoms with Gasteiger partial charge >= 0.3 is 12.1 Å². The Morgan fingerprint density at radius 2 is 1.92 bits per heavy atom. The number of ether oxygens (including phenoxy) is 2. The zero-order chi connectivity index (χ0) is 19.1. The third-order valence-electron chi connectivity index (χ3n) is 4.01. The van der Waals surface area contributed by atoms with Crippen LogP contribution in [-0.2, 0) is 19.9 Å². The fourth-order valence-electron chi connectivity index (χ4n) is 2.47. The fraction of sp³-hybridized carbons (Fsp3) is 0.500. The predicted molar refractivity (Wildman–Crippen MR) is 90.4 cm³/mol. The number of alkyl halides is 4. The molecule has 0 aliphatic carbocycles. The van der Waals surface area contributed by atoms with Gasteiger partial charge in [-0.25, -0.2) is 4.79 Å². The second-order valence-corrected chi connectivity index (χ2v) is 6.00. The Balaban J connectivity index is 3.26. The van der Waals surface area contributed by atoms with Crippen LogP contribution < -0.4 is 0 Å². The van der Waals surface area contributed by atoms with Gasteiger partial charge in [0.2, 0.25) is 0 Å². The summed E-state index contributed by atoms with van der Waals surface area (Å²) in [6.45, 7) is 5.32. The molecule has 1 aromatic rings. The molecular weight excluding hydrogens is 357 g/mol. The van der Waals surface area contributed by atoms with E-state index in [9.17, 15) is 18.0 Å². The van der Waals surface area contributed by atoms with E-state index in [0.29, 0.717) is 18.7 Å². The van der Waals surface area contributed by atoms with E-state index in [1.807, 2.05) is 0 Å². The van der Waals surface area contributed by atoms with Gasteiger partial charge in [0.25, 0.3) is 5.60 Å². The molecule has 0 radical (unpaired) electrons. The molecular formula is C18H22ClF3O3. The predicted octanol–water partition coefficient (Wildman–Crippen LogP) is 4.84. The van der Waals surface area contributed by atoms with Gasteiger partial charge in [-0.3, -0.25) is 0 Å². The van der Waals surface area contributed by atoms with Gasteiger partial charge < -0.3 is 9.47 Å². The molecule has 0 unspecified atom stereocenters. The molecule has 140 valence electrons. The maximum absolute atomic E-state index is 13.8. The van der Waals surface area contributed by atoms with Crippen LogP contribution in [0.4, 0.5) is 13.2 Å². The number of rotatable bonds is 9. The molecule has 0 saturated carbocycles. The molecule has 7 heteroatoms. The minimum absolute atomic E-state index is 0.311. The Bertz CT molecular complexity index is 562. The normalized spacial score (nSPS) is 16.6. The molecule has 0 spiro atoms. The van der Waals surface area contributed by atoms with Crippen molar-refractivity contribution in [2.24, 2.45) is 5.92 Å². The molecule has 3 atom stereocenters. The molecule has 0 N–H and O–H groups in total. The van der Waals surface area contributed by atoms with Crippen molar-refractivity contribution in [3.63, 3.8) is 0 Å². The lowest BCUT2D eigenvalue weighted by Gasteiger charge is -2.34. The maximum Gasteiger partial charge on any atom is 0.432 e. The molecule has 0 aromatic heterocycles. The zero-order valence-electron chi connectivity index (χ0n) is 14.2. The Kier molecular flexibility index (Phi) is 7.96. The summed E-state index contributed by atoms with van der Waals surface area (Å²) in [4.78, 5) is 12.6. The van der Waals surface area contributed by atoms with E-state index >= 15 is 0 Å². The second kappa shape index (κ2) is 9.25. The van der Waals surface area contributed by atoms with Crippen molar-refractivity contribution < 1.29 is 27.4 Å². The second-order valence-electron chi connectivity index (χ2n) is 5.62. The van der Waals surface area contributed by atoms with Gasteiger partial charge in [0.1, 0.15) is 6.10 Å². The molecule has 0 aliphatic rings. The van der Waals surface area contributed by atoms with Gasteiger partial charge in [-0.1, -0.05) is 43.3 Å². The fourth-order valence-corrected chi connectivity index (χ4v) is 2.62. The van der Waals surface area contributed by atoms with Crippen molar-refractivity contribution in [3.05, 3.63) is 48.6 Å². The molecule has 0 amide bonds. The van der Waals surface area contributed by atoms with Crippen molar-refractivity contribution in [1.82, 2.24) is 0 Å². The van der Waals surface area contributed by atoms with E-state index in [2.05, 4.69) is 6.58 Å². The lowest BCUT2D eigenvalue weighted by molar-refractivity contribution is -0.278. The number of esters is 1. The van der Waals surface area contributed by atoms with Gasteiger partial charge in [0, 0.05) is 24.5 Å². The molecule has 0 aliphatic heterocycles. The molecule has 0 bridgehead atoms. The quantitative estimate of drug-likeness (QED) is 0.350. The number of halogens is 4. The van der Waals surface area contributed by atoms with Gasteiger partial charge in [-0.2, -0.15) is 13.2 Å². The minimum Gasteiger partial charge on any atom is -0.459 e. The van der Waals surface area contributed by atoms with Crippen LogP contribution in [0, 0.1) is 5.92 Å². The monoisotopic (exact) mass is 378 g/mol. The van der Waals surface area contributed by atoms with Crippen LogP contribution in [0.3, 0.4) is 0 Å². The zero-order valence-corrected chi connectivity index (χ0v) is 14.9. The van der Waals surface area contributed by atoms with E-state index in [0.717, 1.165) is 7.11 Å². The van der Waals surface area contributed by atoms with Crippen molar-refractivity contribution in [2.45, 2.75) is 37.6 Å². The van der Waals surface area contributed by atoms with Crippen LogP contribution in [0.1, 0.15) is 25.3 Å². The van der Waals surface area contributed by atoms with Crippen molar-refractivity contribution in [1.29, 1.82) is 0 Å². The van der Waals surface area contributed by atoms with E-state index in [-0.39, 0.29) is 11.5 Å². The summed E-state index contributed by atoms with van der Waals surface area (Å²) in [5.74, 6) is -1.52. The van der Waals surface area contributed by atoms with E-state index in [1.54, 1.807) is 13.0 Å². The van der Waals surface area contributed by atoms with Crippen molar-refractivity contribution in [2.75, 3.05) is 13.0 Å². The molecule has 25 heavy (non-hydrogen) atoms. The van der Waals surface area contributed by atoms with Gasteiger partial charge in [0.05, 0.1) is 0 Å². The first kappa shape index (κ1) is 21.5. The Morgan fingerprint density at radius 3 is 2.36 bits per heavy atom. The molecule has 1 aromatic carbocycles. The van der Waals surface area contributed by atoms with Crippen LogP contribution in [0.5, 0.6) is 0 Å². The number of hydrogen-bond donors (Lipinski definition) is 0. The van der Waals surface area contributed by atoms with Crippen molar-refractivity contribution >= 4 is 17.6 Å². The highest BCUT2D eigenvalue weighted by Gasteiger charge is 2.64. The summed E-state index contributed by atoms with van der Waals surface area (Å²) in [6.07, 6.45) is -3.42. The van der Waals surface area contributed by atoms with E-state index in [1.165, 1.54) is 30.3 Å². The molecule has 0 fully saturated rings. The molecule has 0 saturated heterocycles. The van der Waals surface area contributed by atoms with Gasteiger partial charge in [-0.15, -0.1) is 18.2 Å². The summed E-state index contributed by atoms with van der Waals surface area (Å²) < 4.78 is 51.4. The van der Waals surface area contributed by atoms with Crippen LogP contribution >= 0.6 is 11.6 Å². The SMILES string of the molecule is C=C[C@H](C)[C@@H](CCCCl)OC(=O)[C@](OC)(c1ccccc1)C(F)(F)F. The van der Waals surface area contributed by atoms with Crippen molar-refractivity contribution in [3.8, 4) is 0 Å². The van der Waals surface area contributed by atoms with Crippen LogP contribution in [0.2, 0.25) is 0 Å². The average Bonchev–Trinajstić information content (AvgIpc) is 2.58. The maximum atomic E-state index is 13.8. The lowest BCUT2D eigenvalue weighted by atomic mass is 9.92. The van der Waals surface area contributed by atoms with Gasteiger partial charge in [0.15, 0.2) is 0 Å². The summed E-state index contributed by atoms with van der Waals surface area (Å²) in [5.41, 5.74) is -3.52. The lowest BCUT2D eigenvalue weighted by Crippen LogP contribution is -2.52. The van der Waals surface area contributed by atoms with Crippen LogP contribution in [0.15, 0.2) is 43.0 Å². The third kappa shape index (κ3) is 4.76. The standard InChI is InChI=1S/C18H22ClF3O3/c1-4-13(2)15(11-8-12-19)25-16(23)17(24-3,18(20,21)22)14-9-6-5-7-10-14/h4-7,9-10,13,15H,1,8,11-12H2,2-3H3/t13-,15+,17+/m0/s1. The molecule has 0 heterocycles. The Morgan fingerprint density at radius 1 is 1.32 bits per heavy atom. The molecule has 1 rings (SSSR count). The third-order valence-corrected chi connectivity index (χ3v) is 4.28. The summed E-state index contributed by atoms with van der Waals surface area (Å²) in [5, 5.41) is 0. The van der Waals surface area contributed by atoms with Gasteiger partial charge in [-0.05, 0) is 12.8 Å². The van der Waals surface area contributed by atoms with E-state index in [4.69, 9.17) is 21.1 Å². The Hall–Kier alpha value is -1.53. The summed E-state index contributed by atoms with van der Waals surface area (Å²) >= 11 is 5.64. The number of carbonyl (C=O) groups excluding carboxylic acids is 1. The largest absolute Gasteiger partial charge is 0.459 e. The highest BCUT2D eigenvalue weighted by molar-refractivity contribution is 6.17. The number of benzene rings is 1. The highest BCUT2D eigenvalue weighted by Crippen LogP contribution is 2.43. The van der Waals surface area contributed by atoms with Crippen LogP contribution in [0.25, 0.3) is 0 Å². The average molecular weight is 379 g/mol. The topological polar surface area (TPSA) is 35.5 Å². The molecule has 3 nitrogen and oxygen atoms in total. The smallest absolute Gasteiger partial charge is 0.432 e. The Labute approximate surface area is 150 Å². The number of carbonyl (C=O) groups is 1. The summed E-state index contributed by atoms with van der Waals surface area (Å²) in [6, 6.07) is 6.72. The summed E-state index contributed by atoms with van der Waals surface area (Å²) in [7, 11) is 0.840. The number of hydrogen-bond acceptors (Lipinski definition) is 3. The first-order valence-electron chi connectivity index (χ1n) is 7.81. The first-order valence-corrected chi connectivity index (χ1v) is 8.35. The minimum atomic E-state index is -4.99.